The summed E-state index contributed by atoms with van der Waals surface area (Å²) < 4.78 is 7.35. The van der Waals surface area contributed by atoms with Crippen molar-refractivity contribution in [3.05, 3.63) is 84.0 Å². The minimum atomic E-state index is 0.163. The van der Waals surface area contributed by atoms with Crippen molar-refractivity contribution in [2.75, 3.05) is 13.7 Å². The fourth-order valence-corrected chi connectivity index (χ4v) is 5.31. The van der Waals surface area contributed by atoms with Crippen molar-refractivity contribution in [3.63, 3.8) is 0 Å². The van der Waals surface area contributed by atoms with Gasteiger partial charge in [-0.1, -0.05) is 37.1 Å². The van der Waals surface area contributed by atoms with Crippen molar-refractivity contribution < 1.29 is 4.74 Å². The Morgan fingerprint density at radius 1 is 1.00 bits per heavy atom. The van der Waals surface area contributed by atoms with Gasteiger partial charge < -0.3 is 10.5 Å². The summed E-state index contributed by atoms with van der Waals surface area (Å²) in [4.78, 5) is 14.5. The minimum Gasteiger partial charge on any atom is -0.380 e. The van der Waals surface area contributed by atoms with Crippen molar-refractivity contribution in [2.24, 2.45) is 10.7 Å². The molecule has 1 fully saturated rings. The quantitative estimate of drug-likeness (QED) is 0.423. The van der Waals surface area contributed by atoms with Gasteiger partial charge in [-0.25, -0.2) is 4.98 Å². The number of methoxy groups -OCH3 is 1. The van der Waals surface area contributed by atoms with Gasteiger partial charge in [-0.15, -0.1) is 0 Å². The molecular formula is C29H30N6O. The summed E-state index contributed by atoms with van der Waals surface area (Å²) in [6, 6.07) is 14.9. The van der Waals surface area contributed by atoms with Crippen molar-refractivity contribution in [1.82, 2.24) is 19.7 Å². The topological polar surface area (TPSA) is 91.2 Å². The molecule has 36 heavy (non-hydrogen) atoms. The zero-order chi connectivity index (χ0) is 24.5. The third-order valence-electron chi connectivity index (χ3n) is 7.18. The second-order valence-corrected chi connectivity index (χ2v) is 9.62. The van der Waals surface area contributed by atoms with E-state index >= 15 is 0 Å². The Hall–Kier alpha value is -3.68. The lowest BCUT2D eigenvalue weighted by Crippen LogP contribution is -2.35. The van der Waals surface area contributed by atoms with Gasteiger partial charge in [0.1, 0.15) is 0 Å². The van der Waals surface area contributed by atoms with E-state index in [0.29, 0.717) is 13.2 Å². The summed E-state index contributed by atoms with van der Waals surface area (Å²) in [5.74, 6) is 0. The van der Waals surface area contributed by atoms with Crippen molar-refractivity contribution in [3.8, 4) is 11.1 Å². The molecule has 2 aliphatic rings. The molecule has 7 nitrogen and oxygen atoms in total. The van der Waals surface area contributed by atoms with Crippen molar-refractivity contribution >= 4 is 22.3 Å². The normalized spacial score (nSPS) is 19.9. The number of nitrogens with two attached hydrogens (primary N) is 1. The van der Waals surface area contributed by atoms with Crippen LogP contribution in [0.15, 0.2) is 72.1 Å². The Morgan fingerprint density at radius 3 is 2.81 bits per heavy atom. The van der Waals surface area contributed by atoms with Gasteiger partial charge in [0.2, 0.25) is 0 Å². The molecule has 7 heteroatoms. The largest absolute Gasteiger partial charge is 0.380 e. The zero-order valence-corrected chi connectivity index (χ0v) is 20.5. The molecule has 2 atom stereocenters. The number of fused-ring (bicyclic) bond motifs is 1. The molecule has 182 valence electrons. The Kier molecular flexibility index (Phi) is 6.17. The first-order valence-corrected chi connectivity index (χ1v) is 12.6. The van der Waals surface area contributed by atoms with Gasteiger partial charge in [0.25, 0.3) is 0 Å². The third kappa shape index (κ3) is 4.36. The summed E-state index contributed by atoms with van der Waals surface area (Å²) in [6.07, 6.45) is 12.6. The smallest absolute Gasteiger partial charge is 0.0900 e. The van der Waals surface area contributed by atoms with Crippen LogP contribution in [0.3, 0.4) is 0 Å². The Balaban J connectivity index is 1.30. The highest BCUT2D eigenvalue weighted by Crippen LogP contribution is 2.30. The van der Waals surface area contributed by atoms with Gasteiger partial charge in [-0.05, 0) is 42.7 Å². The lowest BCUT2D eigenvalue weighted by molar-refractivity contribution is 0.185. The molecule has 1 aliphatic carbocycles. The van der Waals surface area contributed by atoms with Crippen LogP contribution in [0.5, 0.6) is 0 Å². The molecule has 1 aromatic carbocycles. The third-order valence-corrected chi connectivity index (χ3v) is 7.18. The molecule has 0 radical (unpaired) electrons. The SMILES string of the molecule is COCc1cccc(C2=NCC=C2c2ccc3ncc(-c4cnn([C@H]5CCCC[C@H]5N)c4)cc3n2)c1. The van der Waals surface area contributed by atoms with Gasteiger partial charge in [-0.2, -0.15) is 5.10 Å². The Labute approximate surface area is 210 Å². The first-order chi connectivity index (χ1) is 17.7. The molecule has 0 spiro atoms. The number of aromatic nitrogens is 4. The lowest BCUT2D eigenvalue weighted by Gasteiger charge is -2.28. The van der Waals surface area contributed by atoms with Gasteiger partial charge in [0.15, 0.2) is 0 Å². The maximum Gasteiger partial charge on any atom is 0.0900 e. The maximum atomic E-state index is 6.38. The molecular weight excluding hydrogens is 448 g/mol. The highest BCUT2D eigenvalue weighted by Gasteiger charge is 2.24. The Bertz CT molecular complexity index is 1470. The molecule has 0 amide bonds. The number of hydrogen-bond acceptors (Lipinski definition) is 6. The fourth-order valence-electron chi connectivity index (χ4n) is 5.31. The number of benzene rings is 1. The predicted octanol–water partition coefficient (Wildman–Crippen LogP) is 4.97. The van der Waals surface area contributed by atoms with Crippen LogP contribution in [0.2, 0.25) is 0 Å². The molecule has 2 N–H and O–H groups in total. The first kappa shape index (κ1) is 22.8. The van der Waals surface area contributed by atoms with E-state index in [1.165, 1.54) is 12.8 Å². The number of nitrogens with zero attached hydrogens (tertiary/aromatic N) is 5. The van der Waals surface area contributed by atoms with Crippen LogP contribution in [0, 0.1) is 0 Å². The molecule has 0 saturated heterocycles. The molecule has 3 aromatic heterocycles. The zero-order valence-electron chi connectivity index (χ0n) is 20.5. The van der Waals surface area contributed by atoms with Gasteiger partial charge in [0, 0.05) is 47.8 Å². The first-order valence-electron chi connectivity index (χ1n) is 12.6. The van der Waals surface area contributed by atoms with Crippen LogP contribution in [-0.2, 0) is 11.3 Å². The molecule has 6 rings (SSSR count). The van der Waals surface area contributed by atoms with E-state index in [-0.39, 0.29) is 12.1 Å². The van der Waals surface area contributed by atoms with E-state index in [0.717, 1.165) is 63.1 Å². The number of rotatable bonds is 6. The minimum absolute atomic E-state index is 0.163. The van der Waals surface area contributed by atoms with Crippen molar-refractivity contribution in [2.45, 2.75) is 44.4 Å². The summed E-state index contributed by atoms with van der Waals surface area (Å²) in [7, 11) is 1.71. The number of ether oxygens (including phenoxy) is 1. The maximum absolute atomic E-state index is 6.38. The lowest BCUT2D eigenvalue weighted by atomic mass is 9.91. The van der Waals surface area contributed by atoms with E-state index in [2.05, 4.69) is 46.6 Å². The summed E-state index contributed by atoms with van der Waals surface area (Å²) >= 11 is 0. The average molecular weight is 479 g/mol. The van der Waals surface area contributed by atoms with E-state index in [1.54, 1.807) is 7.11 Å². The van der Waals surface area contributed by atoms with Gasteiger partial charge in [-0.3, -0.25) is 14.7 Å². The van der Waals surface area contributed by atoms with E-state index < -0.39 is 0 Å². The Morgan fingerprint density at radius 2 is 1.92 bits per heavy atom. The molecule has 4 heterocycles. The molecule has 1 saturated carbocycles. The van der Waals surface area contributed by atoms with Crippen LogP contribution in [-0.4, -0.2) is 45.2 Å². The van der Waals surface area contributed by atoms with Gasteiger partial charge >= 0.3 is 0 Å². The summed E-state index contributed by atoms with van der Waals surface area (Å²) in [6.45, 7) is 1.23. The second kappa shape index (κ2) is 9.76. The van der Waals surface area contributed by atoms with Crippen LogP contribution in [0.1, 0.15) is 48.5 Å². The number of pyridine rings is 2. The predicted molar refractivity (Wildman–Crippen MR) is 143 cm³/mol. The highest BCUT2D eigenvalue weighted by molar-refractivity contribution is 6.32. The van der Waals surface area contributed by atoms with Crippen LogP contribution in [0.25, 0.3) is 27.7 Å². The molecule has 0 bridgehead atoms. The standard InChI is InChI=1S/C29H30N6O/c1-36-18-19-5-4-6-20(13-19)29-23(11-12-31-29)25-9-10-26-27(34-25)14-21(15-32-26)22-16-33-35(17-22)28-8-3-2-7-24(28)30/h4-6,9-11,13-17,24,28H,2-3,7-8,12,18,30H2,1H3/t24-,28+/m1/s1. The highest BCUT2D eigenvalue weighted by atomic mass is 16.5. The summed E-state index contributed by atoms with van der Waals surface area (Å²) in [5.41, 5.74) is 15.3. The average Bonchev–Trinajstić information content (AvgIpc) is 3.59. The summed E-state index contributed by atoms with van der Waals surface area (Å²) in [5, 5.41) is 4.65. The fraction of sp³-hybridized carbons (Fsp3) is 0.310. The van der Waals surface area contributed by atoms with E-state index in [1.807, 2.05) is 35.3 Å². The second-order valence-electron chi connectivity index (χ2n) is 9.62. The number of hydrogen-bond donors (Lipinski definition) is 1. The molecule has 1 aliphatic heterocycles. The molecule has 0 unspecified atom stereocenters. The van der Waals surface area contributed by atoms with Crippen LogP contribution in [0.4, 0.5) is 0 Å². The van der Waals surface area contributed by atoms with E-state index in [4.69, 9.17) is 20.4 Å². The number of aliphatic imine (C=N–C) groups is 1. The molecule has 4 aromatic rings. The monoisotopic (exact) mass is 478 g/mol. The van der Waals surface area contributed by atoms with E-state index in [9.17, 15) is 0 Å². The van der Waals surface area contributed by atoms with Gasteiger partial charge in [0.05, 0.1) is 47.8 Å². The number of allylic oxidation sites excluding steroid dienone is 1. The van der Waals surface area contributed by atoms with Crippen LogP contribution >= 0.6 is 0 Å². The van der Waals surface area contributed by atoms with Crippen LogP contribution < -0.4 is 5.73 Å². The van der Waals surface area contributed by atoms with Crippen molar-refractivity contribution in [1.29, 1.82) is 0 Å².